The van der Waals surface area contributed by atoms with Gasteiger partial charge in [-0.2, -0.15) is 0 Å². The molecule has 2 atom stereocenters. The van der Waals surface area contributed by atoms with Gasteiger partial charge in [-0.05, 0) is 44.7 Å². The predicted molar refractivity (Wildman–Crippen MR) is 86.8 cm³/mol. The van der Waals surface area contributed by atoms with Crippen molar-refractivity contribution in [3.63, 3.8) is 0 Å². The molecular weight excluding hydrogens is 260 g/mol. The first-order valence-corrected chi connectivity index (χ1v) is 8.20. The van der Waals surface area contributed by atoms with E-state index in [9.17, 15) is 4.79 Å². The van der Waals surface area contributed by atoms with Crippen LogP contribution >= 0.6 is 0 Å². The topological polar surface area (TPSA) is 46.3 Å². The van der Waals surface area contributed by atoms with E-state index in [2.05, 4.69) is 38.1 Å². The first-order valence-electron chi connectivity index (χ1n) is 8.20. The maximum Gasteiger partial charge on any atom is 0.226 e. The number of carbonyl (C=O) groups is 1. The molecule has 1 aromatic carbocycles. The minimum atomic E-state index is 0.133. The van der Waals surface area contributed by atoms with Crippen LogP contribution in [0.15, 0.2) is 24.3 Å². The van der Waals surface area contributed by atoms with Crippen molar-refractivity contribution in [3.05, 3.63) is 35.4 Å². The lowest BCUT2D eigenvalue weighted by molar-refractivity contribution is -0.138. The van der Waals surface area contributed by atoms with Gasteiger partial charge in [0.15, 0.2) is 0 Å². The average Bonchev–Trinajstić information content (AvgIpc) is 2.52. The Labute approximate surface area is 128 Å². The van der Waals surface area contributed by atoms with Crippen molar-refractivity contribution >= 4 is 5.91 Å². The highest BCUT2D eigenvalue weighted by atomic mass is 16.2. The lowest BCUT2D eigenvalue weighted by Gasteiger charge is -2.34. The molecular formula is C18H28N2O. The van der Waals surface area contributed by atoms with Crippen LogP contribution in [-0.4, -0.2) is 23.9 Å². The molecule has 0 heterocycles. The summed E-state index contributed by atoms with van der Waals surface area (Å²) in [6.45, 7) is 6.27. The van der Waals surface area contributed by atoms with Gasteiger partial charge in [0, 0.05) is 19.0 Å². The zero-order valence-corrected chi connectivity index (χ0v) is 13.3. The summed E-state index contributed by atoms with van der Waals surface area (Å²) in [5, 5.41) is 0. The highest BCUT2D eigenvalue weighted by Crippen LogP contribution is 2.31. The van der Waals surface area contributed by atoms with Crippen molar-refractivity contribution in [2.45, 2.75) is 46.1 Å². The molecule has 2 unspecified atom stereocenters. The van der Waals surface area contributed by atoms with E-state index in [-0.39, 0.29) is 5.92 Å². The number of hydrogen-bond donors (Lipinski definition) is 1. The normalized spacial score (nSPS) is 22.0. The molecule has 0 saturated heterocycles. The van der Waals surface area contributed by atoms with Crippen LogP contribution < -0.4 is 5.73 Å². The van der Waals surface area contributed by atoms with Crippen molar-refractivity contribution in [1.82, 2.24) is 4.90 Å². The predicted octanol–water partition coefficient (Wildman–Crippen LogP) is 3.11. The van der Waals surface area contributed by atoms with Crippen LogP contribution in [0.25, 0.3) is 0 Å². The summed E-state index contributed by atoms with van der Waals surface area (Å²) in [6, 6.07) is 8.42. The fraction of sp³-hybridized carbons (Fsp3) is 0.611. The Morgan fingerprint density at radius 1 is 1.33 bits per heavy atom. The first kappa shape index (κ1) is 16.0. The van der Waals surface area contributed by atoms with Crippen LogP contribution in [0.5, 0.6) is 0 Å². The molecule has 0 aliphatic heterocycles. The third-order valence-electron chi connectivity index (χ3n) is 4.68. The molecule has 1 saturated carbocycles. The van der Waals surface area contributed by atoms with E-state index in [1.54, 1.807) is 0 Å². The van der Waals surface area contributed by atoms with Gasteiger partial charge in [0.25, 0.3) is 0 Å². The van der Waals surface area contributed by atoms with Gasteiger partial charge in [0.2, 0.25) is 5.91 Å². The van der Waals surface area contributed by atoms with E-state index in [0.29, 0.717) is 24.9 Å². The van der Waals surface area contributed by atoms with Crippen LogP contribution in [0.1, 0.15) is 43.7 Å². The van der Waals surface area contributed by atoms with Gasteiger partial charge >= 0.3 is 0 Å². The Kier molecular flexibility index (Phi) is 5.80. The molecule has 1 aliphatic carbocycles. The van der Waals surface area contributed by atoms with Crippen molar-refractivity contribution in [2.75, 3.05) is 13.1 Å². The standard InChI is InChI=1S/C18H28N2O/c1-3-20(13-15-8-6-7-14(2)11-15)18(21)17-10-5-4-9-16(17)12-19/h6-8,11,16-17H,3-5,9-10,12-13,19H2,1-2H3. The number of benzene rings is 1. The third-order valence-corrected chi connectivity index (χ3v) is 4.68. The Balaban J connectivity index is 2.07. The number of nitrogens with two attached hydrogens (primary N) is 1. The highest BCUT2D eigenvalue weighted by Gasteiger charge is 2.32. The lowest BCUT2D eigenvalue weighted by Crippen LogP contribution is -2.41. The quantitative estimate of drug-likeness (QED) is 0.905. The summed E-state index contributed by atoms with van der Waals surface area (Å²) in [7, 11) is 0. The van der Waals surface area contributed by atoms with E-state index < -0.39 is 0 Å². The molecule has 0 aromatic heterocycles. The summed E-state index contributed by atoms with van der Waals surface area (Å²) in [5.74, 6) is 0.806. The molecule has 0 radical (unpaired) electrons. The molecule has 116 valence electrons. The molecule has 3 nitrogen and oxygen atoms in total. The Morgan fingerprint density at radius 3 is 2.76 bits per heavy atom. The summed E-state index contributed by atoms with van der Waals surface area (Å²) >= 11 is 0. The second-order valence-electron chi connectivity index (χ2n) is 6.23. The van der Waals surface area contributed by atoms with Crippen molar-refractivity contribution in [1.29, 1.82) is 0 Å². The third kappa shape index (κ3) is 4.07. The zero-order chi connectivity index (χ0) is 15.2. The molecule has 0 bridgehead atoms. The molecule has 21 heavy (non-hydrogen) atoms. The maximum absolute atomic E-state index is 12.9. The van der Waals surface area contributed by atoms with Gasteiger partial charge in [-0.15, -0.1) is 0 Å². The van der Waals surface area contributed by atoms with Gasteiger partial charge in [-0.3, -0.25) is 4.79 Å². The first-order chi connectivity index (χ1) is 10.2. The van der Waals surface area contributed by atoms with Gasteiger partial charge in [0.05, 0.1) is 0 Å². The van der Waals surface area contributed by atoms with E-state index in [1.807, 2.05) is 4.90 Å². The lowest BCUT2D eigenvalue weighted by atomic mass is 9.78. The van der Waals surface area contributed by atoms with Crippen LogP contribution in [0, 0.1) is 18.8 Å². The Hall–Kier alpha value is -1.35. The van der Waals surface area contributed by atoms with Crippen LogP contribution in [0.2, 0.25) is 0 Å². The summed E-state index contributed by atoms with van der Waals surface area (Å²) in [5.41, 5.74) is 8.33. The molecule has 1 fully saturated rings. The summed E-state index contributed by atoms with van der Waals surface area (Å²) in [4.78, 5) is 14.9. The minimum absolute atomic E-state index is 0.133. The monoisotopic (exact) mass is 288 g/mol. The second kappa shape index (κ2) is 7.60. The largest absolute Gasteiger partial charge is 0.338 e. The zero-order valence-electron chi connectivity index (χ0n) is 13.3. The smallest absolute Gasteiger partial charge is 0.226 e. The van der Waals surface area contributed by atoms with Crippen LogP contribution in [0.4, 0.5) is 0 Å². The molecule has 3 heteroatoms. The van der Waals surface area contributed by atoms with Crippen molar-refractivity contribution in [3.8, 4) is 0 Å². The van der Waals surface area contributed by atoms with E-state index >= 15 is 0 Å². The average molecular weight is 288 g/mol. The van der Waals surface area contributed by atoms with Gasteiger partial charge in [-0.25, -0.2) is 0 Å². The van der Waals surface area contributed by atoms with E-state index in [1.165, 1.54) is 17.5 Å². The van der Waals surface area contributed by atoms with Gasteiger partial charge in [0.1, 0.15) is 0 Å². The maximum atomic E-state index is 12.9. The molecule has 1 aromatic rings. The number of rotatable bonds is 5. The fourth-order valence-electron chi connectivity index (χ4n) is 3.43. The molecule has 1 amide bonds. The minimum Gasteiger partial charge on any atom is -0.338 e. The van der Waals surface area contributed by atoms with Crippen LogP contribution in [-0.2, 0) is 11.3 Å². The SMILES string of the molecule is CCN(Cc1cccc(C)c1)C(=O)C1CCCCC1CN. The number of hydrogen-bond acceptors (Lipinski definition) is 2. The summed E-state index contributed by atoms with van der Waals surface area (Å²) < 4.78 is 0. The van der Waals surface area contributed by atoms with Crippen molar-refractivity contribution < 1.29 is 4.79 Å². The number of amides is 1. The van der Waals surface area contributed by atoms with Crippen LogP contribution in [0.3, 0.4) is 0 Å². The van der Waals surface area contributed by atoms with Gasteiger partial charge in [-0.1, -0.05) is 42.7 Å². The fourth-order valence-corrected chi connectivity index (χ4v) is 3.43. The number of carbonyl (C=O) groups excluding carboxylic acids is 1. The van der Waals surface area contributed by atoms with E-state index in [4.69, 9.17) is 5.73 Å². The Bertz CT molecular complexity index is 472. The highest BCUT2D eigenvalue weighted by molar-refractivity contribution is 5.79. The molecule has 2 rings (SSSR count). The van der Waals surface area contributed by atoms with Crippen molar-refractivity contribution in [2.24, 2.45) is 17.6 Å². The number of aryl methyl sites for hydroxylation is 1. The second-order valence-corrected chi connectivity index (χ2v) is 6.23. The molecule has 1 aliphatic rings. The van der Waals surface area contributed by atoms with E-state index in [0.717, 1.165) is 25.8 Å². The summed E-state index contributed by atoms with van der Waals surface area (Å²) in [6.07, 6.45) is 4.49. The molecule has 2 N–H and O–H groups in total. The Morgan fingerprint density at radius 2 is 2.10 bits per heavy atom. The molecule has 0 spiro atoms. The number of nitrogens with zero attached hydrogens (tertiary/aromatic N) is 1. The van der Waals surface area contributed by atoms with Gasteiger partial charge < -0.3 is 10.6 Å².